The molecule has 0 aliphatic carbocycles. The quantitative estimate of drug-likeness (QED) is 0.577. The van der Waals surface area contributed by atoms with Crippen molar-refractivity contribution >= 4 is 6.08 Å². The lowest BCUT2D eigenvalue weighted by Crippen LogP contribution is -1.63. The van der Waals surface area contributed by atoms with Gasteiger partial charge in [0.15, 0.2) is 0 Å². The van der Waals surface area contributed by atoms with Gasteiger partial charge in [0.05, 0.1) is 0 Å². The van der Waals surface area contributed by atoms with Crippen LogP contribution in [0.4, 0.5) is 0 Å². The lowest BCUT2D eigenvalue weighted by Gasteiger charge is -1.85. The topological polar surface area (TPSA) is 23.8 Å². The molecule has 1 aromatic carbocycles. The zero-order valence-electron chi connectivity index (χ0n) is 7.11. The molecule has 0 saturated heterocycles. The van der Waals surface area contributed by atoms with Crippen molar-refractivity contribution in [2.45, 2.75) is 0 Å². The van der Waals surface area contributed by atoms with E-state index in [-0.39, 0.29) is 0 Å². The molecular formula is C11H13N. The molecule has 0 aliphatic rings. The van der Waals surface area contributed by atoms with Crippen LogP contribution in [0.5, 0.6) is 0 Å². The Hall–Kier alpha value is -1.81. The molecule has 1 nitrogen and oxygen atoms in total. The zero-order chi connectivity index (χ0) is 9.82. The molecule has 62 valence electrons. The normalized spacial score (nSPS) is 6.17. The van der Waals surface area contributed by atoms with E-state index in [9.17, 15) is 0 Å². The average molecular weight is 159 g/mol. The van der Waals surface area contributed by atoms with Crippen molar-refractivity contribution in [3.8, 4) is 6.57 Å². The molecule has 1 aromatic rings. The lowest BCUT2D eigenvalue weighted by atomic mass is 10.2. The smallest absolute Gasteiger partial charge is 0.0462 e. The summed E-state index contributed by atoms with van der Waals surface area (Å²) in [6.07, 6.45) is 1.83. The predicted octanol–water partition coefficient (Wildman–Crippen LogP) is 3.27. The molecule has 0 amide bonds. The Morgan fingerprint density at radius 1 is 1.08 bits per heavy atom. The number of nitriles is 1. The van der Waals surface area contributed by atoms with Crippen LogP contribution in [0.2, 0.25) is 0 Å². The van der Waals surface area contributed by atoms with E-state index in [4.69, 9.17) is 5.26 Å². The van der Waals surface area contributed by atoms with E-state index >= 15 is 0 Å². The van der Waals surface area contributed by atoms with Crippen molar-refractivity contribution in [2.75, 3.05) is 0 Å². The molecule has 0 N–H and O–H groups in total. The number of hydrogen-bond acceptors (Lipinski definition) is 1. The highest BCUT2D eigenvalue weighted by molar-refractivity contribution is 5.45. The van der Waals surface area contributed by atoms with Crippen molar-refractivity contribution < 1.29 is 0 Å². The highest BCUT2D eigenvalue weighted by Crippen LogP contribution is 1.97. The van der Waals surface area contributed by atoms with Gasteiger partial charge < -0.3 is 0 Å². The van der Waals surface area contributed by atoms with Gasteiger partial charge in [-0.3, -0.25) is 0 Å². The fraction of sp³-hybridized carbons (Fsp3) is 0. The first-order chi connectivity index (χ1) is 5.93. The van der Waals surface area contributed by atoms with Crippen LogP contribution in [0.3, 0.4) is 0 Å². The molecule has 0 unspecified atom stereocenters. The first kappa shape index (κ1) is 12.8. The highest BCUT2D eigenvalue weighted by Gasteiger charge is 1.75. The summed E-state index contributed by atoms with van der Waals surface area (Å²) < 4.78 is 0. The van der Waals surface area contributed by atoms with Gasteiger partial charge in [0.2, 0.25) is 0 Å². The minimum Gasteiger partial charge on any atom is -0.202 e. The maximum atomic E-state index is 6.50. The third-order valence-electron chi connectivity index (χ3n) is 1.04. The van der Waals surface area contributed by atoms with Gasteiger partial charge in [0.25, 0.3) is 0 Å². The maximum Gasteiger partial charge on any atom is 0.0462 e. The van der Waals surface area contributed by atoms with E-state index in [0.717, 1.165) is 0 Å². The lowest BCUT2D eigenvalue weighted by molar-refractivity contribution is 1.58. The summed E-state index contributed by atoms with van der Waals surface area (Å²) in [5, 5.41) is 6.50. The van der Waals surface area contributed by atoms with Crippen molar-refractivity contribution in [2.24, 2.45) is 0 Å². The van der Waals surface area contributed by atoms with Crippen LogP contribution >= 0.6 is 0 Å². The maximum absolute atomic E-state index is 6.50. The van der Waals surface area contributed by atoms with E-state index in [2.05, 4.69) is 26.3 Å². The molecule has 0 radical (unpaired) electrons. The summed E-state index contributed by atoms with van der Waals surface area (Å²) in [5.74, 6) is 0. The molecule has 0 spiro atoms. The summed E-state index contributed by atoms with van der Waals surface area (Å²) >= 11 is 0. The third kappa shape index (κ3) is 6.31. The second-order valence-electron chi connectivity index (χ2n) is 1.61. The molecule has 0 aliphatic heterocycles. The van der Waals surface area contributed by atoms with E-state index in [1.807, 2.05) is 36.4 Å². The monoisotopic (exact) mass is 159 g/mol. The zero-order valence-corrected chi connectivity index (χ0v) is 7.11. The number of hydrogen-bond donors (Lipinski definition) is 0. The van der Waals surface area contributed by atoms with Crippen LogP contribution in [0.1, 0.15) is 5.56 Å². The standard InChI is InChI=1S/C8H8.C2H4.CHN/c1-2-8-6-4-3-5-7-8;2*1-2/h2-7H,1H2;1-2H2;1H. The van der Waals surface area contributed by atoms with Gasteiger partial charge in [-0.1, -0.05) is 43.0 Å². The second-order valence-corrected chi connectivity index (χ2v) is 1.61. The Bertz CT molecular complexity index is 211. The summed E-state index contributed by atoms with van der Waals surface area (Å²) in [7, 11) is 0. The Kier molecular flexibility index (Phi) is 12.7. The van der Waals surface area contributed by atoms with Crippen LogP contribution in [-0.4, -0.2) is 0 Å². The Balaban J connectivity index is 0. The molecule has 1 heteroatoms. The predicted molar refractivity (Wildman–Crippen MR) is 54.5 cm³/mol. The molecule has 0 aromatic heterocycles. The van der Waals surface area contributed by atoms with Gasteiger partial charge in [-0.15, -0.1) is 13.2 Å². The number of nitrogens with zero attached hydrogens (tertiary/aromatic N) is 1. The van der Waals surface area contributed by atoms with Crippen molar-refractivity contribution in [3.05, 3.63) is 55.6 Å². The summed E-state index contributed by atoms with van der Waals surface area (Å²) in [6, 6.07) is 10.0. The van der Waals surface area contributed by atoms with Crippen LogP contribution in [0.15, 0.2) is 50.1 Å². The number of rotatable bonds is 1. The van der Waals surface area contributed by atoms with E-state index < -0.39 is 0 Å². The fourth-order valence-corrected chi connectivity index (χ4v) is 0.589. The van der Waals surface area contributed by atoms with E-state index in [1.54, 1.807) is 0 Å². The molecule has 0 atom stereocenters. The Labute approximate surface area is 74.3 Å². The van der Waals surface area contributed by atoms with E-state index in [0.29, 0.717) is 0 Å². The minimum absolute atomic E-state index is 1.17. The van der Waals surface area contributed by atoms with Gasteiger partial charge >= 0.3 is 0 Å². The first-order valence-electron chi connectivity index (χ1n) is 3.37. The highest BCUT2D eigenvalue weighted by atomic mass is 14.2. The van der Waals surface area contributed by atoms with Gasteiger partial charge in [0.1, 0.15) is 0 Å². The summed E-state index contributed by atoms with van der Waals surface area (Å²) in [6.45, 7) is 13.1. The van der Waals surface area contributed by atoms with Crippen LogP contribution in [0, 0.1) is 11.8 Å². The molecule has 0 saturated carbocycles. The molecule has 0 heterocycles. The van der Waals surface area contributed by atoms with E-state index in [1.165, 1.54) is 5.56 Å². The second kappa shape index (κ2) is 11.9. The molecular weight excluding hydrogens is 146 g/mol. The average Bonchev–Trinajstić information content (AvgIpc) is 2.25. The van der Waals surface area contributed by atoms with Gasteiger partial charge in [-0.25, -0.2) is 5.26 Å². The van der Waals surface area contributed by atoms with Crippen LogP contribution in [0.25, 0.3) is 6.08 Å². The third-order valence-corrected chi connectivity index (χ3v) is 1.04. The molecule has 12 heavy (non-hydrogen) atoms. The molecule has 0 bridgehead atoms. The molecule has 1 rings (SSSR count). The first-order valence-corrected chi connectivity index (χ1v) is 3.37. The minimum atomic E-state index is 1.17. The molecule has 0 fully saturated rings. The van der Waals surface area contributed by atoms with Crippen LogP contribution in [-0.2, 0) is 0 Å². The van der Waals surface area contributed by atoms with Gasteiger partial charge in [-0.05, 0) is 5.56 Å². The van der Waals surface area contributed by atoms with Crippen molar-refractivity contribution in [1.29, 1.82) is 5.26 Å². The fourth-order valence-electron chi connectivity index (χ4n) is 0.589. The van der Waals surface area contributed by atoms with Gasteiger partial charge in [-0.2, -0.15) is 0 Å². The Morgan fingerprint density at radius 2 is 1.50 bits per heavy atom. The number of benzene rings is 1. The Morgan fingerprint density at radius 3 is 1.75 bits per heavy atom. The largest absolute Gasteiger partial charge is 0.202 e. The van der Waals surface area contributed by atoms with Crippen molar-refractivity contribution in [3.63, 3.8) is 0 Å². The summed E-state index contributed by atoms with van der Waals surface area (Å²) in [4.78, 5) is 0. The van der Waals surface area contributed by atoms with Gasteiger partial charge in [0, 0.05) is 6.57 Å². The van der Waals surface area contributed by atoms with Crippen molar-refractivity contribution in [1.82, 2.24) is 0 Å². The van der Waals surface area contributed by atoms with Crippen LogP contribution < -0.4 is 0 Å². The summed E-state index contributed by atoms with van der Waals surface area (Å²) in [5.41, 5.74) is 1.17. The SMILES string of the molecule is C#N.C=C.C=Cc1ccccc1.